The Bertz CT molecular complexity index is 321. The third-order valence-electron chi connectivity index (χ3n) is 2.66. The van der Waals surface area contributed by atoms with Crippen LogP contribution in [0.5, 0.6) is 0 Å². The van der Waals surface area contributed by atoms with Gasteiger partial charge in [0, 0.05) is 26.7 Å². The minimum atomic E-state index is 0.238. The molecular weight excluding hydrogens is 204 g/mol. The second-order valence-electron chi connectivity index (χ2n) is 4.11. The van der Waals surface area contributed by atoms with E-state index in [1.807, 2.05) is 26.1 Å². The Morgan fingerprint density at radius 3 is 3.00 bits per heavy atom. The number of aromatic nitrogens is 2. The number of likely N-dealkylation sites (N-methyl/N-ethyl adjacent to an activating group) is 1. The molecule has 16 heavy (non-hydrogen) atoms. The van der Waals surface area contributed by atoms with Crippen molar-refractivity contribution in [2.45, 2.75) is 13.0 Å². The minimum Gasteiger partial charge on any atom is -0.374 e. The lowest BCUT2D eigenvalue weighted by molar-refractivity contribution is 0.0339. The fraction of sp³-hybridized carbons (Fsp3) is 0.636. The SMILES string of the molecule is Cc1ccc(N(C)CC2CNCCO2)nn1. The normalized spacial score (nSPS) is 20.8. The molecule has 0 aromatic carbocycles. The molecule has 0 bridgehead atoms. The third-order valence-corrected chi connectivity index (χ3v) is 2.66. The molecule has 1 aromatic rings. The highest BCUT2D eigenvalue weighted by molar-refractivity contribution is 5.36. The molecule has 1 aromatic heterocycles. The Labute approximate surface area is 95.8 Å². The van der Waals surface area contributed by atoms with Gasteiger partial charge in [0.25, 0.3) is 0 Å². The Morgan fingerprint density at radius 2 is 2.38 bits per heavy atom. The van der Waals surface area contributed by atoms with Crippen LogP contribution in [0.2, 0.25) is 0 Å². The molecular formula is C11H18N4O. The zero-order valence-electron chi connectivity index (χ0n) is 9.81. The first-order chi connectivity index (χ1) is 7.75. The third kappa shape index (κ3) is 2.90. The van der Waals surface area contributed by atoms with Crippen molar-refractivity contribution in [1.29, 1.82) is 0 Å². The van der Waals surface area contributed by atoms with Crippen LogP contribution < -0.4 is 10.2 Å². The fourth-order valence-electron chi connectivity index (χ4n) is 1.73. The average Bonchev–Trinajstić information content (AvgIpc) is 2.31. The van der Waals surface area contributed by atoms with Gasteiger partial charge in [-0.3, -0.25) is 0 Å². The summed E-state index contributed by atoms with van der Waals surface area (Å²) in [5.41, 5.74) is 0.938. The molecule has 5 nitrogen and oxygen atoms in total. The number of nitrogens with zero attached hydrogens (tertiary/aromatic N) is 3. The van der Waals surface area contributed by atoms with Gasteiger partial charge in [-0.05, 0) is 19.1 Å². The largest absolute Gasteiger partial charge is 0.374 e. The maximum atomic E-state index is 5.64. The van der Waals surface area contributed by atoms with Crippen LogP contribution in [-0.4, -0.2) is 49.6 Å². The van der Waals surface area contributed by atoms with E-state index in [0.717, 1.165) is 37.8 Å². The topological polar surface area (TPSA) is 50.3 Å². The van der Waals surface area contributed by atoms with Gasteiger partial charge in [-0.25, -0.2) is 0 Å². The summed E-state index contributed by atoms with van der Waals surface area (Å²) < 4.78 is 5.64. The van der Waals surface area contributed by atoms with E-state index in [0.29, 0.717) is 0 Å². The van der Waals surface area contributed by atoms with Crippen molar-refractivity contribution >= 4 is 5.82 Å². The summed E-state index contributed by atoms with van der Waals surface area (Å²) in [5.74, 6) is 0.889. The fourth-order valence-corrected chi connectivity index (χ4v) is 1.73. The summed E-state index contributed by atoms with van der Waals surface area (Å²) >= 11 is 0. The first kappa shape index (κ1) is 11.3. The molecule has 0 spiro atoms. The molecule has 1 N–H and O–H groups in total. The lowest BCUT2D eigenvalue weighted by Gasteiger charge is -2.28. The second kappa shape index (κ2) is 5.23. The Kier molecular flexibility index (Phi) is 3.69. The van der Waals surface area contributed by atoms with Crippen molar-refractivity contribution in [1.82, 2.24) is 15.5 Å². The predicted molar refractivity (Wildman–Crippen MR) is 62.6 cm³/mol. The highest BCUT2D eigenvalue weighted by atomic mass is 16.5. The molecule has 88 valence electrons. The minimum absolute atomic E-state index is 0.238. The molecule has 2 rings (SSSR count). The molecule has 0 aliphatic carbocycles. The van der Waals surface area contributed by atoms with Gasteiger partial charge in [0.05, 0.1) is 18.4 Å². The van der Waals surface area contributed by atoms with Gasteiger partial charge in [0.1, 0.15) is 0 Å². The highest BCUT2D eigenvalue weighted by Crippen LogP contribution is 2.09. The molecule has 1 atom stereocenters. The quantitative estimate of drug-likeness (QED) is 0.792. The van der Waals surface area contributed by atoms with Gasteiger partial charge < -0.3 is 15.0 Å². The average molecular weight is 222 g/mol. The summed E-state index contributed by atoms with van der Waals surface area (Å²) in [6.45, 7) is 5.42. The van der Waals surface area contributed by atoms with Crippen LogP contribution in [0.25, 0.3) is 0 Å². The predicted octanol–water partition coefficient (Wildman–Crippen LogP) is 0.210. The van der Waals surface area contributed by atoms with Crippen molar-refractivity contribution in [2.75, 3.05) is 38.2 Å². The smallest absolute Gasteiger partial charge is 0.151 e. The summed E-state index contributed by atoms with van der Waals surface area (Å²) in [5, 5.41) is 11.5. The summed E-state index contributed by atoms with van der Waals surface area (Å²) in [6.07, 6.45) is 0.238. The Hall–Kier alpha value is -1.20. The van der Waals surface area contributed by atoms with Gasteiger partial charge in [-0.2, -0.15) is 5.10 Å². The van der Waals surface area contributed by atoms with Gasteiger partial charge in [-0.15, -0.1) is 5.10 Å². The van der Waals surface area contributed by atoms with Crippen LogP contribution in [-0.2, 0) is 4.74 Å². The van der Waals surface area contributed by atoms with Crippen molar-refractivity contribution < 1.29 is 4.74 Å². The second-order valence-corrected chi connectivity index (χ2v) is 4.11. The summed E-state index contributed by atoms with van der Waals surface area (Å²) in [7, 11) is 2.01. The molecule has 0 amide bonds. The van der Waals surface area contributed by atoms with E-state index >= 15 is 0 Å². The van der Waals surface area contributed by atoms with Crippen molar-refractivity contribution in [3.05, 3.63) is 17.8 Å². The van der Waals surface area contributed by atoms with Crippen molar-refractivity contribution in [3.8, 4) is 0 Å². The van der Waals surface area contributed by atoms with Gasteiger partial charge >= 0.3 is 0 Å². The molecule has 2 heterocycles. The van der Waals surface area contributed by atoms with Gasteiger partial charge in [-0.1, -0.05) is 0 Å². The zero-order chi connectivity index (χ0) is 11.4. The van der Waals surface area contributed by atoms with E-state index in [1.165, 1.54) is 0 Å². The van der Waals surface area contributed by atoms with E-state index in [9.17, 15) is 0 Å². The lowest BCUT2D eigenvalue weighted by atomic mass is 10.3. The number of hydrogen-bond acceptors (Lipinski definition) is 5. The van der Waals surface area contributed by atoms with E-state index in [1.54, 1.807) is 0 Å². The molecule has 0 saturated carbocycles. The number of anilines is 1. The summed E-state index contributed by atoms with van der Waals surface area (Å²) in [6, 6.07) is 3.96. The number of hydrogen-bond donors (Lipinski definition) is 1. The number of morpholine rings is 1. The Balaban J connectivity index is 1.91. The van der Waals surface area contributed by atoms with E-state index in [4.69, 9.17) is 4.74 Å². The lowest BCUT2D eigenvalue weighted by Crippen LogP contribution is -2.44. The maximum absolute atomic E-state index is 5.64. The van der Waals surface area contributed by atoms with Crippen molar-refractivity contribution in [3.63, 3.8) is 0 Å². The molecule has 1 unspecified atom stereocenters. The van der Waals surface area contributed by atoms with Crippen LogP contribution in [0.15, 0.2) is 12.1 Å². The number of ether oxygens (including phenoxy) is 1. The molecule has 1 saturated heterocycles. The van der Waals surface area contributed by atoms with E-state index in [-0.39, 0.29) is 6.10 Å². The van der Waals surface area contributed by atoms with Crippen LogP contribution in [0.1, 0.15) is 5.69 Å². The van der Waals surface area contributed by atoms with Crippen LogP contribution in [0, 0.1) is 6.92 Å². The van der Waals surface area contributed by atoms with E-state index < -0.39 is 0 Å². The monoisotopic (exact) mass is 222 g/mol. The zero-order valence-corrected chi connectivity index (χ0v) is 9.81. The molecule has 1 aliphatic heterocycles. The molecule has 1 fully saturated rings. The van der Waals surface area contributed by atoms with Crippen LogP contribution in [0.3, 0.4) is 0 Å². The molecule has 5 heteroatoms. The van der Waals surface area contributed by atoms with Crippen LogP contribution in [0.4, 0.5) is 5.82 Å². The number of nitrogens with one attached hydrogen (secondary N) is 1. The van der Waals surface area contributed by atoms with Gasteiger partial charge in [0.15, 0.2) is 5.82 Å². The molecule has 1 aliphatic rings. The highest BCUT2D eigenvalue weighted by Gasteiger charge is 2.16. The Morgan fingerprint density at radius 1 is 1.50 bits per heavy atom. The summed E-state index contributed by atoms with van der Waals surface area (Å²) in [4.78, 5) is 2.07. The van der Waals surface area contributed by atoms with Gasteiger partial charge in [0.2, 0.25) is 0 Å². The first-order valence-electron chi connectivity index (χ1n) is 5.59. The number of aryl methyl sites for hydroxylation is 1. The standard InChI is InChI=1S/C11H18N4O/c1-9-3-4-11(14-13-9)15(2)8-10-7-12-5-6-16-10/h3-4,10,12H,5-8H2,1-2H3. The molecule has 0 radical (unpaired) electrons. The van der Waals surface area contributed by atoms with Crippen molar-refractivity contribution in [2.24, 2.45) is 0 Å². The van der Waals surface area contributed by atoms with E-state index in [2.05, 4.69) is 20.4 Å². The number of rotatable bonds is 3. The first-order valence-corrected chi connectivity index (χ1v) is 5.59. The maximum Gasteiger partial charge on any atom is 0.151 e. The van der Waals surface area contributed by atoms with Crippen LogP contribution >= 0.6 is 0 Å².